The van der Waals surface area contributed by atoms with E-state index in [1.807, 2.05) is 0 Å². The van der Waals surface area contributed by atoms with E-state index in [4.69, 9.17) is 5.11 Å². The molecule has 2 N–H and O–H groups in total. The van der Waals surface area contributed by atoms with Crippen molar-refractivity contribution in [1.82, 2.24) is 4.90 Å². The molecule has 2 unspecified atom stereocenters. The Balaban J connectivity index is 2.95. The Morgan fingerprint density at radius 1 is 1.54 bits per heavy atom. The second-order valence-corrected chi connectivity index (χ2v) is 3.57. The Labute approximate surface area is 76.0 Å². The molecule has 0 spiro atoms. The quantitative estimate of drug-likeness (QED) is 0.577. The number of hydrogen-bond acceptors (Lipinski definition) is 3. The highest BCUT2D eigenvalue weighted by molar-refractivity contribution is 5.86. The zero-order valence-corrected chi connectivity index (χ0v) is 7.65. The summed E-state index contributed by atoms with van der Waals surface area (Å²) in [6.07, 6.45) is -0.632. The molecule has 0 aromatic carbocycles. The summed E-state index contributed by atoms with van der Waals surface area (Å²) in [7, 11) is 0. The molecule has 1 amide bonds. The van der Waals surface area contributed by atoms with E-state index in [0.29, 0.717) is 0 Å². The lowest BCUT2D eigenvalue weighted by molar-refractivity contribution is -0.154. The molecule has 0 radical (unpaired) electrons. The van der Waals surface area contributed by atoms with Crippen molar-refractivity contribution in [2.45, 2.75) is 31.9 Å². The van der Waals surface area contributed by atoms with Crippen LogP contribution in [-0.2, 0) is 9.59 Å². The summed E-state index contributed by atoms with van der Waals surface area (Å²) in [6.45, 7) is 2.87. The summed E-state index contributed by atoms with van der Waals surface area (Å²) in [5.74, 6) is -1.39. The van der Waals surface area contributed by atoms with Gasteiger partial charge in [0.1, 0.15) is 5.54 Å². The van der Waals surface area contributed by atoms with Crippen molar-refractivity contribution in [1.29, 1.82) is 0 Å². The normalized spacial score (nSPS) is 33.5. The standard InChI is InChI=1S/C8H13NO4/c1-5(10)9-4-6(11)3-8(9,2)7(12)13/h6,11H,3-4H2,1-2H3,(H,12,13). The van der Waals surface area contributed by atoms with Crippen molar-refractivity contribution in [2.75, 3.05) is 6.54 Å². The molecule has 1 saturated heterocycles. The molecule has 1 rings (SSSR count). The fourth-order valence-corrected chi connectivity index (χ4v) is 1.72. The first kappa shape index (κ1) is 9.98. The first-order chi connectivity index (χ1) is 5.88. The lowest BCUT2D eigenvalue weighted by Crippen LogP contribution is -2.49. The van der Waals surface area contributed by atoms with Crippen molar-refractivity contribution in [3.05, 3.63) is 0 Å². The van der Waals surface area contributed by atoms with Gasteiger partial charge in [0.05, 0.1) is 6.10 Å². The lowest BCUT2D eigenvalue weighted by Gasteiger charge is -2.29. The van der Waals surface area contributed by atoms with E-state index < -0.39 is 17.6 Å². The van der Waals surface area contributed by atoms with Crippen LogP contribution in [0.5, 0.6) is 0 Å². The predicted octanol–water partition coefficient (Wildman–Crippen LogP) is -0.557. The van der Waals surface area contributed by atoms with Gasteiger partial charge in [-0.25, -0.2) is 4.79 Å². The Morgan fingerprint density at radius 3 is 2.38 bits per heavy atom. The number of aliphatic hydroxyl groups excluding tert-OH is 1. The van der Waals surface area contributed by atoms with E-state index in [1.165, 1.54) is 18.7 Å². The summed E-state index contributed by atoms with van der Waals surface area (Å²) >= 11 is 0. The summed E-state index contributed by atoms with van der Waals surface area (Å²) in [5, 5.41) is 18.2. The van der Waals surface area contributed by atoms with E-state index in [1.54, 1.807) is 0 Å². The predicted molar refractivity (Wildman–Crippen MR) is 44.1 cm³/mol. The van der Waals surface area contributed by atoms with Crippen LogP contribution in [-0.4, -0.2) is 45.2 Å². The molecule has 1 fully saturated rings. The van der Waals surface area contributed by atoms with E-state index in [9.17, 15) is 14.7 Å². The van der Waals surface area contributed by atoms with Crippen molar-refractivity contribution in [3.63, 3.8) is 0 Å². The lowest BCUT2D eigenvalue weighted by atomic mass is 9.98. The van der Waals surface area contributed by atoms with Crippen LogP contribution in [0.4, 0.5) is 0 Å². The van der Waals surface area contributed by atoms with Gasteiger partial charge in [-0.3, -0.25) is 4.79 Å². The Kier molecular flexibility index (Phi) is 2.30. The smallest absolute Gasteiger partial charge is 0.329 e. The van der Waals surface area contributed by atoms with Crippen LogP contribution < -0.4 is 0 Å². The minimum atomic E-state index is -1.24. The van der Waals surface area contributed by atoms with Crippen LogP contribution in [0.2, 0.25) is 0 Å². The Hall–Kier alpha value is -1.10. The van der Waals surface area contributed by atoms with Crippen molar-refractivity contribution in [2.24, 2.45) is 0 Å². The largest absolute Gasteiger partial charge is 0.480 e. The van der Waals surface area contributed by atoms with Crippen LogP contribution in [0.25, 0.3) is 0 Å². The number of aliphatic hydroxyl groups is 1. The molecule has 2 atom stereocenters. The summed E-state index contributed by atoms with van der Waals surface area (Å²) in [5.41, 5.74) is -1.24. The number of likely N-dealkylation sites (tertiary alicyclic amines) is 1. The highest BCUT2D eigenvalue weighted by atomic mass is 16.4. The molecule has 5 heteroatoms. The van der Waals surface area contributed by atoms with Gasteiger partial charge in [-0.2, -0.15) is 0 Å². The average Bonchev–Trinajstić information content (AvgIpc) is 2.27. The number of β-amino-alcohol motifs (C(OH)–C–C–N with tert-alkyl or cyclic N) is 1. The van der Waals surface area contributed by atoms with Gasteiger partial charge in [-0.05, 0) is 6.92 Å². The third kappa shape index (κ3) is 1.51. The molecule has 0 bridgehead atoms. The zero-order valence-electron chi connectivity index (χ0n) is 7.65. The number of amides is 1. The second kappa shape index (κ2) is 2.99. The maximum atomic E-state index is 11.1. The van der Waals surface area contributed by atoms with Gasteiger partial charge in [0, 0.05) is 19.9 Å². The highest BCUT2D eigenvalue weighted by Crippen LogP contribution is 2.29. The van der Waals surface area contributed by atoms with Gasteiger partial charge in [0.15, 0.2) is 0 Å². The maximum Gasteiger partial charge on any atom is 0.329 e. The second-order valence-electron chi connectivity index (χ2n) is 3.57. The van der Waals surface area contributed by atoms with Crippen LogP contribution >= 0.6 is 0 Å². The summed E-state index contributed by atoms with van der Waals surface area (Å²) < 4.78 is 0. The molecular formula is C8H13NO4. The number of carboxylic acid groups (broad SMARTS) is 1. The van der Waals surface area contributed by atoms with E-state index >= 15 is 0 Å². The van der Waals surface area contributed by atoms with E-state index in [2.05, 4.69) is 0 Å². The number of aliphatic carboxylic acids is 1. The number of carboxylic acids is 1. The van der Waals surface area contributed by atoms with Gasteiger partial charge in [-0.15, -0.1) is 0 Å². The SMILES string of the molecule is CC(=O)N1CC(O)CC1(C)C(=O)O. The van der Waals surface area contributed by atoms with Gasteiger partial charge in [0.2, 0.25) is 5.91 Å². The highest BCUT2D eigenvalue weighted by Gasteiger charge is 2.48. The molecular weight excluding hydrogens is 174 g/mol. The van der Waals surface area contributed by atoms with Crippen molar-refractivity contribution in [3.8, 4) is 0 Å². The fourth-order valence-electron chi connectivity index (χ4n) is 1.72. The van der Waals surface area contributed by atoms with E-state index in [0.717, 1.165) is 0 Å². The summed E-state index contributed by atoms with van der Waals surface area (Å²) in [4.78, 5) is 23.1. The maximum absolute atomic E-state index is 11.1. The molecule has 5 nitrogen and oxygen atoms in total. The number of carbonyl (C=O) groups is 2. The molecule has 0 aliphatic carbocycles. The molecule has 0 aromatic heterocycles. The number of carbonyl (C=O) groups excluding carboxylic acids is 1. The number of nitrogens with zero attached hydrogens (tertiary/aromatic N) is 1. The fraction of sp³-hybridized carbons (Fsp3) is 0.750. The molecule has 13 heavy (non-hydrogen) atoms. The minimum Gasteiger partial charge on any atom is -0.480 e. The van der Waals surface area contributed by atoms with Crippen molar-refractivity contribution < 1.29 is 19.8 Å². The van der Waals surface area contributed by atoms with Crippen molar-refractivity contribution >= 4 is 11.9 Å². The topological polar surface area (TPSA) is 77.8 Å². The Morgan fingerprint density at radius 2 is 2.08 bits per heavy atom. The van der Waals surface area contributed by atoms with Crippen LogP contribution in [0.15, 0.2) is 0 Å². The minimum absolute atomic E-state index is 0.0991. The van der Waals surface area contributed by atoms with E-state index in [-0.39, 0.29) is 18.9 Å². The molecule has 74 valence electrons. The van der Waals surface area contributed by atoms with Gasteiger partial charge in [-0.1, -0.05) is 0 Å². The van der Waals surface area contributed by atoms with Gasteiger partial charge >= 0.3 is 5.97 Å². The zero-order chi connectivity index (χ0) is 10.2. The third-order valence-corrected chi connectivity index (χ3v) is 2.46. The molecule has 0 aromatic rings. The third-order valence-electron chi connectivity index (χ3n) is 2.46. The van der Waals surface area contributed by atoms with Crippen LogP contribution in [0.3, 0.4) is 0 Å². The number of hydrogen-bond donors (Lipinski definition) is 2. The van der Waals surface area contributed by atoms with Gasteiger partial charge < -0.3 is 15.1 Å². The van der Waals surface area contributed by atoms with Crippen LogP contribution in [0.1, 0.15) is 20.3 Å². The molecule has 0 saturated carbocycles. The Bertz CT molecular complexity index is 253. The number of rotatable bonds is 1. The average molecular weight is 187 g/mol. The first-order valence-electron chi connectivity index (χ1n) is 4.07. The molecule has 1 heterocycles. The molecule has 1 aliphatic heterocycles. The molecule has 1 aliphatic rings. The van der Waals surface area contributed by atoms with Gasteiger partial charge in [0.25, 0.3) is 0 Å². The monoisotopic (exact) mass is 187 g/mol. The van der Waals surface area contributed by atoms with Crippen LogP contribution in [0, 0.1) is 0 Å². The first-order valence-corrected chi connectivity index (χ1v) is 4.07. The summed E-state index contributed by atoms with van der Waals surface area (Å²) in [6, 6.07) is 0.